The van der Waals surface area contributed by atoms with Crippen LogP contribution in [0.4, 0.5) is 11.1 Å². The molecule has 0 saturated carbocycles. The number of hydrogen-bond donors (Lipinski definition) is 2. The first-order chi connectivity index (χ1) is 26.6. The minimum atomic E-state index is -0.511. The van der Waals surface area contributed by atoms with Crippen LogP contribution in [-0.2, 0) is 13.5 Å². The van der Waals surface area contributed by atoms with Crippen molar-refractivity contribution in [2.24, 2.45) is 12.0 Å². The second-order valence-electron chi connectivity index (χ2n) is 12.9. The standard InChI is InChI=1S/C20H24N6S.C19H17N7S/c21-10-8-16-9-11-22-19(23-12-15-25-13-4-1-5-14-25)26(16)20-24-17-6-2-3-7-18(17)27-20;1-26-12-21-11-13(26)6-8-22-19-23-9-7-15(25-19)14(10-20)18-24-16-4-2-3-5-17(16)27-18/h2-3,6-7,9,11,16H,1,4-5,8,12-15H2,(H,22,23);2-5,7,9,11-12,14H,6,8H2,1H3,(H,22,23,25). The van der Waals surface area contributed by atoms with Gasteiger partial charge in [0.25, 0.3) is 0 Å². The molecule has 2 N–H and O–H groups in total. The number of guanidine groups is 1. The molecule has 6 aromatic rings. The number of nitriles is 2. The van der Waals surface area contributed by atoms with Crippen molar-refractivity contribution in [3.63, 3.8) is 0 Å². The number of aliphatic imine (C=N–C) groups is 1. The largest absolute Gasteiger partial charge is 0.354 e. The van der Waals surface area contributed by atoms with Crippen LogP contribution in [0.2, 0.25) is 0 Å². The van der Waals surface area contributed by atoms with Gasteiger partial charge in [0, 0.05) is 57.4 Å². The first-order valence-electron chi connectivity index (χ1n) is 18.1. The topological polar surface area (TPSA) is 160 Å². The molecule has 4 aromatic heterocycles. The predicted octanol–water partition coefficient (Wildman–Crippen LogP) is 6.47. The molecule has 0 bridgehead atoms. The van der Waals surface area contributed by atoms with Crippen molar-refractivity contribution in [2.45, 2.75) is 44.1 Å². The zero-order valence-corrected chi connectivity index (χ0v) is 31.7. The summed E-state index contributed by atoms with van der Waals surface area (Å²) in [5.74, 6) is 0.785. The van der Waals surface area contributed by atoms with Crippen LogP contribution < -0.4 is 15.5 Å². The summed E-state index contributed by atoms with van der Waals surface area (Å²) in [5, 5.41) is 27.3. The van der Waals surface area contributed by atoms with Crippen molar-refractivity contribution in [3.8, 4) is 12.1 Å². The Hall–Kier alpha value is -5.74. The molecule has 2 atom stereocenters. The molecule has 2 aliphatic rings. The molecular formula is C39H41N13S2. The number of nitrogens with zero attached hydrogens (tertiary/aromatic N) is 11. The number of benzene rings is 2. The van der Waals surface area contributed by atoms with E-state index >= 15 is 0 Å². The van der Waals surface area contributed by atoms with Crippen molar-refractivity contribution in [1.82, 2.24) is 39.7 Å². The van der Waals surface area contributed by atoms with Crippen LogP contribution in [0, 0.1) is 22.7 Å². The van der Waals surface area contributed by atoms with E-state index in [9.17, 15) is 10.5 Å². The molecule has 0 spiro atoms. The van der Waals surface area contributed by atoms with Gasteiger partial charge in [0.2, 0.25) is 11.9 Å². The molecule has 8 rings (SSSR count). The molecule has 274 valence electrons. The highest BCUT2D eigenvalue weighted by atomic mass is 32.1. The number of piperidine rings is 1. The number of aryl methyl sites for hydroxylation is 1. The third-order valence-electron chi connectivity index (χ3n) is 9.25. The van der Waals surface area contributed by atoms with Gasteiger partial charge in [0.15, 0.2) is 5.13 Å². The highest BCUT2D eigenvalue weighted by molar-refractivity contribution is 7.22. The van der Waals surface area contributed by atoms with Gasteiger partial charge in [-0.3, -0.25) is 4.90 Å². The highest BCUT2D eigenvalue weighted by Crippen LogP contribution is 2.32. The van der Waals surface area contributed by atoms with E-state index in [2.05, 4.69) is 63.6 Å². The average Bonchev–Trinajstić information content (AvgIpc) is 3.94. The zero-order valence-electron chi connectivity index (χ0n) is 30.0. The maximum Gasteiger partial charge on any atom is 0.222 e. The molecule has 0 radical (unpaired) electrons. The van der Waals surface area contributed by atoms with Gasteiger partial charge in [-0.1, -0.05) is 42.0 Å². The van der Waals surface area contributed by atoms with Gasteiger partial charge in [-0.25, -0.2) is 29.9 Å². The molecule has 2 aromatic carbocycles. The van der Waals surface area contributed by atoms with Crippen molar-refractivity contribution in [3.05, 3.63) is 102 Å². The molecule has 2 unspecified atom stereocenters. The Morgan fingerprint density at radius 1 is 0.907 bits per heavy atom. The number of imidazole rings is 1. The lowest BCUT2D eigenvalue weighted by molar-refractivity contribution is 0.232. The Bertz CT molecular complexity index is 2240. The second kappa shape index (κ2) is 17.9. The fourth-order valence-electron chi connectivity index (χ4n) is 6.41. The van der Waals surface area contributed by atoms with Crippen LogP contribution in [0.3, 0.4) is 0 Å². The average molecular weight is 756 g/mol. The fourth-order valence-corrected chi connectivity index (χ4v) is 8.47. The number of likely N-dealkylation sites (tertiary alicyclic amines) is 1. The minimum absolute atomic E-state index is 0.0504. The molecule has 1 fully saturated rings. The molecule has 54 heavy (non-hydrogen) atoms. The van der Waals surface area contributed by atoms with Gasteiger partial charge in [-0.05, 0) is 62.3 Å². The monoisotopic (exact) mass is 755 g/mol. The van der Waals surface area contributed by atoms with E-state index in [0.29, 0.717) is 24.6 Å². The van der Waals surface area contributed by atoms with Crippen LogP contribution in [0.25, 0.3) is 20.4 Å². The summed E-state index contributed by atoms with van der Waals surface area (Å²) in [6.07, 6.45) is 14.2. The van der Waals surface area contributed by atoms with Crippen molar-refractivity contribution in [1.29, 1.82) is 10.5 Å². The number of anilines is 2. The summed E-state index contributed by atoms with van der Waals surface area (Å²) in [6.45, 7) is 4.91. The van der Waals surface area contributed by atoms with E-state index in [-0.39, 0.29) is 6.04 Å². The van der Waals surface area contributed by atoms with Gasteiger partial charge < -0.3 is 20.1 Å². The smallest absolute Gasteiger partial charge is 0.222 e. The Morgan fingerprint density at radius 2 is 1.69 bits per heavy atom. The van der Waals surface area contributed by atoms with Gasteiger partial charge in [-0.2, -0.15) is 10.5 Å². The summed E-state index contributed by atoms with van der Waals surface area (Å²) < 4.78 is 4.19. The number of thiazole rings is 2. The van der Waals surface area contributed by atoms with E-state index in [0.717, 1.165) is 61.7 Å². The Morgan fingerprint density at radius 3 is 2.41 bits per heavy atom. The number of hydrogen-bond acceptors (Lipinski definition) is 14. The quantitative estimate of drug-likeness (QED) is 0.149. The number of fused-ring (bicyclic) bond motifs is 2. The van der Waals surface area contributed by atoms with E-state index < -0.39 is 5.92 Å². The zero-order chi connectivity index (χ0) is 37.1. The van der Waals surface area contributed by atoms with Gasteiger partial charge in [0.05, 0.1) is 57.1 Å². The fraction of sp³-hybridized carbons (Fsp3) is 0.333. The molecule has 13 nitrogen and oxygen atoms in total. The highest BCUT2D eigenvalue weighted by Gasteiger charge is 2.27. The first-order valence-corrected chi connectivity index (χ1v) is 19.7. The Kier molecular flexibility index (Phi) is 12.1. The molecule has 0 aliphatic carbocycles. The SMILES string of the molecule is Cn1cncc1CCNc1nccc(C(C#N)c2nc3ccccc3s2)n1.N#CCC1C=CN=C(NCCN2CCCCC2)N1c1nc2ccccc2s1. The van der Waals surface area contributed by atoms with Gasteiger partial charge >= 0.3 is 0 Å². The Labute approximate surface area is 322 Å². The normalized spacial score (nSPS) is 16.2. The molecular weight excluding hydrogens is 715 g/mol. The maximum absolute atomic E-state index is 9.71. The number of rotatable bonds is 11. The third-order valence-corrected chi connectivity index (χ3v) is 11.4. The molecule has 2 aliphatic heterocycles. The van der Waals surface area contributed by atoms with E-state index in [4.69, 9.17) is 4.98 Å². The van der Waals surface area contributed by atoms with Crippen LogP contribution in [0.5, 0.6) is 0 Å². The van der Waals surface area contributed by atoms with Crippen molar-refractivity contribution >= 4 is 60.1 Å². The number of nitrogens with one attached hydrogen (secondary N) is 2. The number of aromatic nitrogens is 6. The summed E-state index contributed by atoms with van der Waals surface area (Å²) in [6, 6.07) is 22.4. The van der Waals surface area contributed by atoms with Crippen LogP contribution >= 0.6 is 22.7 Å². The van der Waals surface area contributed by atoms with E-state index in [1.165, 1.54) is 43.7 Å². The second-order valence-corrected chi connectivity index (χ2v) is 15.0. The summed E-state index contributed by atoms with van der Waals surface area (Å²) >= 11 is 3.16. The molecule has 1 saturated heterocycles. The van der Waals surface area contributed by atoms with Crippen molar-refractivity contribution < 1.29 is 0 Å². The first kappa shape index (κ1) is 36.6. The van der Waals surface area contributed by atoms with Crippen LogP contribution in [0.1, 0.15) is 48.0 Å². The Balaban J connectivity index is 0.000000167. The van der Waals surface area contributed by atoms with Gasteiger partial charge in [-0.15, -0.1) is 11.3 Å². The lowest BCUT2D eigenvalue weighted by Gasteiger charge is -2.32. The summed E-state index contributed by atoms with van der Waals surface area (Å²) in [5.41, 5.74) is 3.66. The van der Waals surface area contributed by atoms with Crippen LogP contribution in [0.15, 0.2) is 90.6 Å². The molecule has 6 heterocycles. The van der Waals surface area contributed by atoms with E-state index in [1.54, 1.807) is 36.1 Å². The third kappa shape index (κ3) is 8.89. The lowest BCUT2D eigenvalue weighted by Crippen LogP contribution is -2.50. The number of para-hydroxylation sites is 2. The predicted molar refractivity (Wildman–Crippen MR) is 215 cm³/mol. The van der Waals surface area contributed by atoms with Crippen molar-refractivity contribution in [2.75, 3.05) is 42.9 Å². The minimum Gasteiger partial charge on any atom is -0.354 e. The molecule has 0 amide bonds. The van der Waals surface area contributed by atoms with E-state index in [1.807, 2.05) is 66.4 Å². The summed E-state index contributed by atoms with van der Waals surface area (Å²) in [4.78, 5) is 31.4. The van der Waals surface area contributed by atoms with Gasteiger partial charge in [0.1, 0.15) is 10.9 Å². The molecule has 15 heteroatoms. The maximum atomic E-state index is 9.71. The van der Waals surface area contributed by atoms with Crippen LogP contribution in [-0.4, -0.2) is 79.1 Å². The lowest BCUT2D eigenvalue weighted by atomic mass is 10.1. The summed E-state index contributed by atoms with van der Waals surface area (Å²) in [7, 11) is 1.97.